The molecule has 0 unspecified atom stereocenters. The summed E-state index contributed by atoms with van der Waals surface area (Å²) in [6.07, 6.45) is 4.30. The summed E-state index contributed by atoms with van der Waals surface area (Å²) in [6.45, 7) is 0. The third-order valence-corrected chi connectivity index (χ3v) is 2.80. The molecule has 1 aliphatic rings. The number of benzene rings is 1. The summed E-state index contributed by atoms with van der Waals surface area (Å²) >= 11 is 0. The van der Waals surface area contributed by atoms with Gasteiger partial charge in [0.15, 0.2) is 0 Å². The second-order valence-corrected chi connectivity index (χ2v) is 3.82. The van der Waals surface area contributed by atoms with Crippen LogP contribution in [0.15, 0.2) is 18.2 Å². The molecule has 0 atom stereocenters. The Bertz CT molecular complexity index is 421. The molecule has 1 aliphatic carbocycles. The van der Waals surface area contributed by atoms with E-state index < -0.39 is 11.8 Å². The number of carboxylic acid groups (broad SMARTS) is 1. The molecule has 0 saturated carbocycles. The quantitative estimate of drug-likeness (QED) is 0.590. The molecule has 3 heteroatoms. The van der Waals surface area contributed by atoms with Gasteiger partial charge in [-0.3, -0.25) is 4.79 Å². The summed E-state index contributed by atoms with van der Waals surface area (Å²) in [5, 5.41) is 8.59. The molecule has 3 nitrogen and oxygen atoms in total. The topological polar surface area (TPSA) is 54.4 Å². The maximum absolute atomic E-state index is 11.2. The smallest absolute Gasteiger partial charge is 0.377 e. The molecule has 1 aromatic carbocycles. The molecular weight excluding hydrogens is 192 g/mol. The molecule has 0 bridgehead atoms. The van der Waals surface area contributed by atoms with Crippen LogP contribution in [0.1, 0.15) is 34.3 Å². The van der Waals surface area contributed by atoms with Crippen LogP contribution in [0.3, 0.4) is 0 Å². The van der Waals surface area contributed by atoms with Gasteiger partial charge in [0, 0.05) is 5.56 Å². The lowest BCUT2D eigenvalue weighted by Crippen LogP contribution is -2.14. The van der Waals surface area contributed by atoms with Crippen molar-refractivity contribution in [2.24, 2.45) is 0 Å². The van der Waals surface area contributed by atoms with Gasteiger partial charge in [-0.05, 0) is 42.9 Å². The Morgan fingerprint density at radius 1 is 1.07 bits per heavy atom. The molecule has 0 fully saturated rings. The van der Waals surface area contributed by atoms with Crippen LogP contribution < -0.4 is 0 Å². The Morgan fingerprint density at radius 2 is 1.73 bits per heavy atom. The van der Waals surface area contributed by atoms with E-state index in [-0.39, 0.29) is 0 Å². The van der Waals surface area contributed by atoms with Crippen molar-refractivity contribution < 1.29 is 14.7 Å². The average molecular weight is 204 g/mol. The number of aliphatic carboxylic acids is 1. The summed E-state index contributed by atoms with van der Waals surface area (Å²) in [5.41, 5.74) is 2.68. The Morgan fingerprint density at radius 3 is 2.40 bits per heavy atom. The lowest BCUT2D eigenvalue weighted by Gasteiger charge is -2.15. The maximum atomic E-state index is 11.2. The van der Waals surface area contributed by atoms with Crippen molar-refractivity contribution in [2.75, 3.05) is 0 Å². The molecule has 1 aromatic rings. The summed E-state index contributed by atoms with van der Waals surface area (Å²) in [5.74, 6) is -2.20. The van der Waals surface area contributed by atoms with Gasteiger partial charge in [-0.25, -0.2) is 4.79 Å². The zero-order valence-electron chi connectivity index (χ0n) is 8.32. The Balaban J connectivity index is 2.36. The van der Waals surface area contributed by atoms with Gasteiger partial charge in [0.25, 0.3) is 5.78 Å². The number of carbonyl (C=O) groups excluding carboxylic acids is 1. The zero-order valence-corrected chi connectivity index (χ0v) is 8.32. The van der Waals surface area contributed by atoms with E-state index in [9.17, 15) is 9.59 Å². The van der Waals surface area contributed by atoms with Gasteiger partial charge in [0.05, 0.1) is 0 Å². The lowest BCUT2D eigenvalue weighted by molar-refractivity contribution is -0.131. The number of aryl methyl sites for hydroxylation is 2. The van der Waals surface area contributed by atoms with E-state index in [0.29, 0.717) is 5.56 Å². The van der Waals surface area contributed by atoms with Crippen LogP contribution in [0, 0.1) is 0 Å². The molecule has 0 radical (unpaired) electrons. The van der Waals surface area contributed by atoms with Crippen LogP contribution in [0.2, 0.25) is 0 Å². The van der Waals surface area contributed by atoms with Crippen molar-refractivity contribution in [1.29, 1.82) is 0 Å². The fourth-order valence-corrected chi connectivity index (χ4v) is 2.00. The third kappa shape index (κ3) is 1.91. The van der Waals surface area contributed by atoms with Gasteiger partial charge in [-0.15, -0.1) is 0 Å². The van der Waals surface area contributed by atoms with Crippen molar-refractivity contribution in [1.82, 2.24) is 0 Å². The molecule has 0 saturated heterocycles. The molecule has 1 N–H and O–H groups in total. The monoisotopic (exact) mass is 204 g/mol. The van der Waals surface area contributed by atoms with Crippen molar-refractivity contribution in [3.8, 4) is 0 Å². The highest BCUT2D eigenvalue weighted by molar-refractivity contribution is 6.39. The van der Waals surface area contributed by atoms with E-state index in [2.05, 4.69) is 0 Å². The van der Waals surface area contributed by atoms with E-state index in [1.165, 1.54) is 12.0 Å². The number of carboxylic acids is 1. The van der Waals surface area contributed by atoms with Crippen molar-refractivity contribution in [3.63, 3.8) is 0 Å². The second-order valence-electron chi connectivity index (χ2n) is 3.82. The molecule has 0 aliphatic heterocycles. The molecule has 2 rings (SSSR count). The molecule has 15 heavy (non-hydrogen) atoms. The minimum atomic E-state index is -1.38. The fraction of sp³-hybridized carbons (Fsp3) is 0.333. The first kappa shape index (κ1) is 9.90. The normalized spacial score (nSPS) is 14.4. The molecule has 0 aromatic heterocycles. The highest BCUT2D eigenvalue weighted by Gasteiger charge is 2.17. The van der Waals surface area contributed by atoms with Gasteiger partial charge in [-0.2, -0.15) is 0 Å². The van der Waals surface area contributed by atoms with Crippen LogP contribution >= 0.6 is 0 Å². The minimum absolute atomic E-state index is 0.295. The second kappa shape index (κ2) is 3.85. The number of rotatable bonds is 2. The summed E-state index contributed by atoms with van der Waals surface area (Å²) in [4.78, 5) is 21.7. The van der Waals surface area contributed by atoms with E-state index >= 15 is 0 Å². The summed E-state index contributed by atoms with van der Waals surface area (Å²) < 4.78 is 0. The van der Waals surface area contributed by atoms with Gasteiger partial charge in [0.2, 0.25) is 0 Å². The van der Waals surface area contributed by atoms with Gasteiger partial charge >= 0.3 is 5.97 Å². The summed E-state index contributed by atoms with van der Waals surface area (Å²) in [6, 6.07) is 5.22. The zero-order chi connectivity index (χ0) is 10.8. The van der Waals surface area contributed by atoms with Crippen molar-refractivity contribution in [2.45, 2.75) is 25.7 Å². The molecular formula is C12H12O3. The standard InChI is InChI=1S/C12H12O3/c13-11(12(14)15)10-6-5-8-3-1-2-4-9(8)7-10/h5-7H,1-4H2,(H,14,15). The number of hydrogen-bond acceptors (Lipinski definition) is 2. The average Bonchev–Trinajstić information content (AvgIpc) is 2.27. The largest absolute Gasteiger partial charge is 0.475 e. The van der Waals surface area contributed by atoms with E-state index in [1.54, 1.807) is 12.1 Å². The van der Waals surface area contributed by atoms with Crippen LogP contribution in [0.25, 0.3) is 0 Å². The van der Waals surface area contributed by atoms with Crippen LogP contribution in [-0.4, -0.2) is 16.9 Å². The highest BCUT2D eigenvalue weighted by Crippen LogP contribution is 2.22. The lowest BCUT2D eigenvalue weighted by atomic mass is 9.90. The SMILES string of the molecule is O=C(O)C(=O)c1ccc2c(c1)CCCC2. The number of ketones is 1. The van der Waals surface area contributed by atoms with Gasteiger partial charge in [0.1, 0.15) is 0 Å². The third-order valence-electron chi connectivity index (χ3n) is 2.80. The van der Waals surface area contributed by atoms with Crippen LogP contribution in [0.4, 0.5) is 0 Å². The molecule has 0 amide bonds. The molecule has 78 valence electrons. The molecule has 0 heterocycles. The Hall–Kier alpha value is -1.64. The number of fused-ring (bicyclic) bond motifs is 1. The highest BCUT2D eigenvalue weighted by atomic mass is 16.4. The Kier molecular flexibility index (Phi) is 2.54. The van der Waals surface area contributed by atoms with Crippen LogP contribution in [0.5, 0.6) is 0 Å². The van der Waals surface area contributed by atoms with E-state index in [1.807, 2.05) is 6.07 Å². The van der Waals surface area contributed by atoms with E-state index in [4.69, 9.17) is 5.11 Å². The van der Waals surface area contributed by atoms with E-state index in [0.717, 1.165) is 24.8 Å². The molecule has 0 spiro atoms. The number of hydrogen-bond donors (Lipinski definition) is 1. The fourth-order valence-electron chi connectivity index (χ4n) is 2.00. The predicted octanol–water partition coefficient (Wildman–Crippen LogP) is 1.83. The number of Topliss-reactive ketones (excluding diaryl/α,β-unsaturated/α-hetero) is 1. The predicted molar refractivity (Wildman–Crippen MR) is 55.1 cm³/mol. The van der Waals surface area contributed by atoms with Crippen molar-refractivity contribution in [3.05, 3.63) is 34.9 Å². The van der Waals surface area contributed by atoms with Gasteiger partial charge in [-0.1, -0.05) is 12.1 Å². The first-order valence-corrected chi connectivity index (χ1v) is 5.08. The first-order valence-electron chi connectivity index (χ1n) is 5.08. The Labute approximate surface area is 87.7 Å². The van der Waals surface area contributed by atoms with Crippen molar-refractivity contribution >= 4 is 11.8 Å². The first-order chi connectivity index (χ1) is 7.18. The van der Waals surface area contributed by atoms with Crippen LogP contribution in [-0.2, 0) is 17.6 Å². The minimum Gasteiger partial charge on any atom is -0.475 e. The van der Waals surface area contributed by atoms with Gasteiger partial charge < -0.3 is 5.11 Å². The number of carbonyl (C=O) groups is 2. The maximum Gasteiger partial charge on any atom is 0.377 e. The summed E-state index contributed by atoms with van der Waals surface area (Å²) in [7, 11) is 0.